The maximum absolute atomic E-state index is 11.1. The standard InChI is InChI=1S/C7H10N4O2S/c8-5(12)2-10-6(13)1-4-3-14-7(9)11-4/h3H,1-2H2,(H2,8,12)(H2,9,11)(H,10,13). The van der Waals surface area contributed by atoms with Crippen LogP contribution in [0.1, 0.15) is 5.69 Å². The Hall–Kier alpha value is -1.63. The highest BCUT2D eigenvalue weighted by Gasteiger charge is 2.06. The number of carbonyl (C=O) groups is 2. The number of aromatic nitrogens is 1. The molecule has 0 aliphatic carbocycles. The molecule has 1 aromatic rings. The second-order valence-electron chi connectivity index (χ2n) is 2.60. The van der Waals surface area contributed by atoms with Crippen molar-refractivity contribution in [2.75, 3.05) is 12.3 Å². The molecule has 0 aliphatic heterocycles. The van der Waals surface area contributed by atoms with E-state index in [-0.39, 0.29) is 18.9 Å². The Labute approximate surface area is 84.3 Å². The molecule has 1 rings (SSSR count). The van der Waals surface area contributed by atoms with Gasteiger partial charge < -0.3 is 16.8 Å². The number of nitrogens with zero attached hydrogens (tertiary/aromatic N) is 1. The van der Waals surface area contributed by atoms with Crippen LogP contribution in [0.25, 0.3) is 0 Å². The van der Waals surface area contributed by atoms with Crippen LogP contribution in [0.2, 0.25) is 0 Å². The summed E-state index contributed by atoms with van der Waals surface area (Å²) in [5.74, 6) is -0.870. The molecule has 76 valence electrons. The molecule has 0 spiro atoms. The fourth-order valence-electron chi connectivity index (χ4n) is 0.817. The first-order valence-electron chi connectivity index (χ1n) is 3.83. The minimum Gasteiger partial charge on any atom is -0.375 e. The summed E-state index contributed by atoms with van der Waals surface area (Å²) in [5, 5.41) is 4.46. The molecule has 0 aromatic carbocycles. The molecule has 0 fully saturated rings. The lowest BCUT2D eigenvalue weighted by atomic mass is 10.3. The Kier molecular flexibility index (Phi) is 3.41. The van der Waals surface area contributed by atoms with Crippen molar-refractivity contribution in [1.29, 1.82) is 0 Å². The van der Waals surface area contributed by atoms with Gasteiger partial charge in [0.05, 0.1) is 18.7 Å². The Bertz CT molecular complexity index is 349. The average molecular weight is 214 g/mol. The van der Waals surface area contributed by atoms with Crippen LogP contribution >= 0.6 is 11.3 Å². The molecule has 6 nitrogen and oxygen atoms in total. The van der Waals surface area contributed by atoms with E-state index < -0.39 is 5.91 Å². The van der Waals surface area contributed by atoms with E-state index in [0.717, 1.165) is 0 Å². The minimum atomic E-state index is -0.573. The highest BCUT2D eigenvalue weighted by Crippen LogP contribution is 2.10. The molecular weight excluding hydrogens is 204 g/mol. The predicted molar refractivity (Wildman–Crippen MR) is 52.4 cm³/mol. The zero-order valence-electron chi connectivity index (χ0n) is 7.32. The van der Waals surface area contributed by atoms with Crippen molar-refractivity contribution in [3.05, 3.63) is 11.1 Å². The molecule has 7 heteroatoms. The van der Waals surface area contributed by atoms with Crippen LogP contribution < -0.4 is 16.8 Å². The molecule has 5 N–H and O–H groups in total. The van der Waals surface area contributed by atoms with E-state index in [9.17, 15) is 9.59 Å². The van der Waals surface area contributed by atoms with Crippen LogP contribution in [0.15, 0.2) is 5.38 Å². The number of carbonyl (C=O) groups excluding carboxylic acids is 2. The second-order valence-corrected chi connectivity index (χ2v) is 3.49. The molecule has 1 heterocycles. The number of primary amides is 1. The van der Waals surface area contributed by atoms with Gasteiger partial charge in [0.25, 0.3) is 0 Å². The summed E-state index contributed by atoms with van der Waals surface area (Å²) in [4.78, 5) is 25.4. The first-order chi connectivity index (χ1) is 6.58. The quantitative estimate of drug-likeness (QED) is 0.588. The smallest absolute Gasteiger partial charge is 0.236 e. The number of anilines is 1. The van der Waals surface area contributed by atoms with Crippen molar-refractivity contribution in [2.45, 2.75) is 6.42 Å². The average Bonchev–Trinajstić information content (AvgIpc) is 2.48. The van der Waals surface area contributed by atoms with Crippen LogP contribution in [0.4, 0.5) is 5.13 Å². The van der Waals surface area contributed by atoms with Gasteiger partial charge in [-0.2, -0.15) is 0 Å². The van der Waals surface area contributed by atoms with E-state index in [4.69, 9.17) is 11.5 Å². The Morgan fingerprint density at radius 3 is 2.79 bits per heavy atom. The van der Waals surface area contributed by atoms with E-state index in [1.807, 2.05) is 0 Å². The van der Waals surface area contributed by atoms with Gasteiger partial charge >= 0.3 is 0 Å². The SMILES string of the molecule is NC(=O)CNC(=O)Cc1csc(N)n1. The van der Waals surface area contributed by atoms with Crippen LogP contribution in [0, 0.1) is 0 Å². The molecule has 1 aromatic heterocycles. The van der Waals surface area contributed by atoms with Crippen molar-refractivity contribution in [3.63, 3.8) is 0 Å². The number of hydrogen-bond acceptors (Lipinski definition) is 5. The molecule has 2 amide bonds. The zero-order chi connectivity index (χ0) is 10.6. The molecular formula is C7H10N4O2S. The van der Waals surface area contributed by atoms with Gasteiger partial charge in [-0.1, -0.05) is 0 Å². The third-order valence-corrected chi connectivity index (χ3v) is 2.09. The van der Waals surface area contributed by atoms with Crippen molar-refractivity contribution in [3.8, 4) is 0 Å². The largest absolute Gasteiger partial charge is 0.375 e. The van der Waals surface area contributed by atoms with E-state index in [1.54, 1.807) is 5.38 Å². The van der Waals surface area contributed by atoms with Crippen molar-refractivity contribution in [2.24, 2.45) is 5.73 Å². The number of nitrogen functional groups attached to an aromatic ring is 1. The Morgan fingerprint density at radius 2 is 2.29 bits per heavy atom. The number of rotatable bonds is 4. The van der Waals surface area contributed by atoms with Crippen LogP contribution in [0.5, 0.6) is 0 Å². The molecule has 14 heavy (non-hydrogen) atoms. The lowest BCUT2D eigenvalue weighted by Crippen LogP contribution is -2.34. The summed E-state index contributed by atoms with van der Waals surface area (Å²) in [6.45, 7) is -0.154. The van der Waals surface area contributed by atoms with Gasteiger partial charge in [0.2, 0.25) is 11.8 Å². The fraction of sp³-hybridized carbons (Fsp3) is 0.286. The lowest BCUT2D eigenvalue weighted by molar-refractivity contribution is -0.124. The minimum absolute atomic E-state index is 0.112. The van der Waals surface area contributed by atoms with Crippen molar-refractivity contribution >= 4 is 28.3 Å². The fourth-order valence-corrected chi connectivity index (χ4v) is 1.38. The monoisotopic (exact) mass is 214 g/mol. The summed E-state index contributed by atoms with van der Waals surface area (Å²) >= 11 is 1.27. The number of nitrogens with two attached hydrogens (primary N) is 2. The normalized spacial score (nSPS) is 9.71. The molecule has 0 saturated heterocycles. The number of amides is 2. The lowest BCUT2D eigenvalue weighted by Gasteiger charge is -1.99. The van der Waals surface area contributed by atoms with Gasteiger partial charge in [0, 0.05) is 5.38 Å². The van der Waals surface area contributed by atoms with E-state index >= 15 is 0 Å². The van der Waals surface area contributed by atoms with E-state index in [0.29, 0.717) is 10.8 Å². The maximum atomic E-state index is 11.1. The highest BCUT2D eigenvalue weighted by molar-refractivity contribution is 7.13. The predicted octanol–water partition coefficient (Wildman–Crippen LogP) is -1.13. The molecule has 0 atom stereocenters. The first-order valence-corrected chi connectivity index (χ1v) is 4.71. The topological polar surface area (TPSA) is 111 Å². The van der Waals surface area contributed by atoms with Crippen LogP contribution in [0.3, 0.4) is 0 Å². The van der Waals surface area contributed by atoms with Gasteiger partial charge in [-0.3, -0.25) is 9.59 Å². The highest BCUT2D eigenvalue weighted by atomic mass is 32.1. The molecule has 0 unspecified atom stereocenters. The Balaban J connectivity index is 2.37. The third-order valence-electron chi connectivity index (χ3n) is 1.37. The van der Waals surface area contributed by atoms with Gasteiger partial charge in [0.1, 0.15) is 0 Å². The summed E-state index contributed by atoms with van der Waals surface area (Å²) in [7, 11) is 0. The molecule has 0 radical (unpaired) electrons. The summed E-state index contributed by atoms with van der Waals surface area (Å²) in [6, 6.07) is 0. The maximum Gasteiger partial charge on any atom is 0.236 e. The summed E-state index contributed by atoms with van der Waals surface area (Å²) in [5.41, 5.74) is 10.8. The van der Waals surface area contributed by atoms with Crippen LogP contribution in [-0.4, -0.2) is 23.3 Å². The molecule has 0 aliphatic rings. The first kappa shape index (κ1) is 10.5. The van der Waals surface area contributed by atoms with Gasteiger partial charge in [-0.15, -0.1) is 11.3 Å². The van der Waals surface area contributed by atoms with Crippen LogP contribution in [-0.2, 0) is 16.0 Å². The van der Waals surface area contributed by atoms with E-state index in [2.05, 4.69) is 10.3 Å². The number of hydrogen-bond donors (Lipinski definition) is 3. The van der Waals surface area contributed by atoms with Crippen molar-refractivity contribution < 1.29 is 9.59 Å². The number of thiazole rings is 1. The molecule has 0 saturated carbocycles. The van der Waals surface area contributed by atoms with Crippen molar-refractivity contribution in [1.82, 2.24) is 10.3 Å². The third kappa shape index (κ3) is 3.40. The Morgan fingerprint density at radius 1 is 1.57 bits per heavy atom. The van der Waals surface area contributed by atoms with Gasteiger partial charge in [-0.05, 0) is 0 Å². The summed E-state index contributed by atoms with van der Waals surface area (Å²) in [6.07, 6.45) is 0.112. The van der Waals surface area contributed by atoms with Gasteiger partial charge in [0.15, 0.2) is 5.13 Å². The number of nitrogens with one attached hydrogen (secondary N) is 1. The second kappa shape index (κ2) is 4.56. The zero-order valence-corrected chi connectivity index (χ0v) is 8.13. The molecule has 0 bridgehead atoms. The van der Waals surface area contributed by atoms with Gasteiger partial charge in [-0.25, -0.2) is 4.98 Å². The summed E-state index contributed by atoms with van der Waals surface area (Å²) < 4.78 is 0. The van der Waals surface area contributed by atoms with E-state index in [1.165, 1.54) is 11.3 Å².